The minimum Gasteiger partial charge on any atom is -0.495 e. The molecule has 0 saturated heterocycles. The second kappa shape index (κ2) is 8.43. The largest absolute Gasteiger partial charge is 0.495 e. The number of methoxy groups -OCH3 is 1. The molecule has 0 radical (unpaired) electrons. The lowest BCUT2D eigenvalue weighted by atomic mass is 9.89. The monoisotopic (exact) mass is 474 g/mol. The quantitative estimate of drug-likeness (QED) is 0.509. The Kier molecular flexibility index (Phi) is 5.82. The van der Waals surface area contributed by atoms with Gasteiger partial charge in [0.05, 0.1) is 29.7 Å². The Morgan fingerprint density at radius 3 is 2.53 bits per heavy atom. The maximum absolute atomic E-state index is 12.9. The van der Waals surface area contributed by atoms with Gasteiger partial charge in [-0.1, -0.05) is 0 Å². The third-order valence-corrected chi connectivity index (χ3v) is 7.78. The normalized spacial score (nSPS) is 14.1. The zero-order valence-electron chi connectivity index (χ0n) is 17.7. The van der Waals surface area contributed by atoms with Crippen LogP contribution in [0.5, 0.6) is 5.75 Å². The molecule has 0 spiro atoms. The first-order chi connectivity index (χ1) is 15.2. The van der Waals surface area contributed by atoms with Crippen LogP contribution in [0.1, 0.15) is 32.4 Å². The molecule has 1 aliphatic carbocycles. The number of hydrogen-bond acceptors (Lipinski definition) is 9. The number of rotatable bonds is 8. The number of carbonyl (C=O) groups excluding carboxylic acids is 1. The molecule has 3 aromatic heterocycles. The van der Waals surface area contributed by atoms with Crippen LogP contribution < -0.4 is 14.8 Å². The van der Waals surface area contributed by atoms with Gasteiger partial charge in [0.15, 0.2) is 5.13 Å². The van der Waals surface area contributed by atoms with Crippen molar-refractivity contribution in [3.8, 4) is 16.9 Å². The first kappa shape index (κ1) is 22.1. The van der Waals surface area contributed by atoms with Crippen molar-refractivity contribution in [2.45, 2.75) is 37.4 Å². The molecule has 168 valence electrons. The van der Waals surface area contributed by atoms with Gasteiger partial charge in [-0.2, -0.15) is 0 Å². The van der Waals surface area contributed by atoms with Gasteiger partial charge in [-0.15, -0.1) is 11.3 Å². The van der Waals surface area contributed by atoms with Crippen molar-refractivity contribution < 1.29 is 17.9 Å². The van der Waals surface area contributed by atoms with Crippen molar-refractivity contribution in [1.29, 1.82) is 0 Å². The second-order valence-corrected chi connectivity index (χ2v) is 10.7. The molecule has 3 aromatic rings. The fourth-order valence-electron chi connectivity index (χ4n) is 2.80. The van der Waals surface area contributed by atoms with Crippen molar-refractivity contribution in [2.75, 3.05) is 17.1 Å². The minimum atomic E-state index is -3.41. The summed E-state index contributed by atoms with van der Waals surface area (Å²) in [4.78, 5) is 29.8. The Morgan fingerprint density at radius 2 is 1.88 bits per heavy atom. The Bertz CT molecular complexity index is 1240. The summed E-state index contributed by atoms with van der Waals surface area (Å²) in [6.45, 7) is 3.40. The van der Waals surface area contributed by atoms with E-state index in [1.165, 1.54) is 0 Å². The van der Waals surface area contributed by atoms with Crippen molar-refractivity contribution in [2.24, 2.45) is 0 Å². The van der Waals surface area contributed by atoms with Gasteiger partial charge in [0.2, 0.25) is 21.9 Å². The van der Waals surface area contributed by atoms with Crippen molar-refractivity contribution in [1.82, 2.24) is 19.9 Å². The Labute approximate surface area is 189 Å². The Balaban J connectivity index is 1.44. The summed E-state index contributed by atoms with van der Waals surface area (Å²) >= 11 is 1.15. The van der Waals surface area contributed by atoms with Gasteiger partial charge >= 0.3 is 0 Å². The maximum Gasteiger partial charge on any atom is 0.238 e. The van der Waals surface area contributed by atoms with Crippen LogP contribution in [0.15, 0.2) is 36.2 Å². The summed E-state index contributed by atoms with van der Waals surface area (Å²) in [6.07, 6.45) is 7.75. The second-order valence-electron chi connectivity index (χ2n) is 7.87. The molecule has 32 heavy (non-hydrogen) atoms. The fourth-order valence-corrected chi connectivity index (χ4v) is 5.27. The topological polar surface area (TPSA) is 136 Å². The predicted molar refractivity (Wildman–Crippen MR) is 121 cm³/mol. The molecular weight excluding hydrogens is 452 g/mol. The van der Waals surface area contributed by atoms with Crippen LogP contribution in [-0.4, -0.2) is 46.6 Å². The van der Waals surface area contributed by atoms with Gasteiger partial charge < -0.3 is 4.74 Å². The maximum atomic E-state index is 12.9. The van der Waals surface area contributed by atoms with E-state index in [0.29, 0.717) is 24.3 Å². The van der Waals surface area contributed by atoms with Crippen LogP contribution in [0.4, 0.5) is 11.1 Å². The lowest BCUT2D eigenvalue weighted by Crippen LogP contribution is -2.35. The van der Waals surface area contributed by atoms with E-state index in [2.05, 4.69) is 30.0 Å². The van der Waals surface area contributed by atoms with E-state index < -0.39 is 15.4 Å². The molecule has 1 saturated carbocycles. The summed E-state index contributed by atoms with van der Waals surface area (Å²) in [5.74, 6) is 0.395. The lowest BCUT2D eigenvalue weighted by molar-refractivity contribution is -0.120. The minimum absolute atomic E-state index is 0.146. The number of ether oxygens (including phenoxy) is 1. The van der Waals surface area contributed by atoms with E-state index >= 15 is 0 Å². The van der Waals surface area contributed by atoms with Crippen molar-refractivity contribution in [3.63, 3.8) is 0 Å². The van der Waals surface area contributed by atoms with Gasteiger partial charge in [0, 0.05) is 35.1 Å². The molecule has 1 fully saturated rings. The molecule has 12 heteroatoms. The van der Waals surface area contributed by atoms with Crippen molar-refractivity contribution in [3.05, 3.63) is 41.9 Å². The molecule has 0 bridgehead atoms. The standard InChI is InChI=1S/C20H22N6O4S2/c1-20(2,16-11-31-19(24-16)26-32(28,29)15-4-5-15)17(27)25-18-22-8-13(9-23-18)12-6-14(30-3)10-21-7-12/h6-11,15H,4-5H2,1-3H3,(H,24,26)(H,22,23,25,27). The van der Waals surface area contributed by atoms with Crippen LogP contribution >= 0.6 is 11.3 Å². The van der Waals surface area contributed by atoms with Crippen LogP contribution in [-0.2, 0) is 20.2 Å². The number of sulfonamides is 1. The summed E-state index contributed by atoms with van der Waals surface area (Å²) in [7, 11) is -1.85. The van der Waals surface area contributed by atoms with E-state index in [9.17, 15) is 13.2 Å². The summed E-state index contributed by atoms with van der Waals surface area (Å²) in [5, 5.41) is 4.27. The fraction of sp³-hybridized carbons (Fsp3) is 0.350. The number of carbonyl (C=O) groups is 1. The van der Waals surface area contributed by atoms with Crippen LogP contribution in [0.2, 0.25) is 0 Å². The number of nitrogens with zero attached hydrogens (tertiary/aromatic N) is 4. The zero-order chi connectivity index (χ0) is 22.9. The average molecular weight is 475 g/mol. The zero-order valence-corrected chi connectivity index (χ0v) is 19.3. The molecule has 0 aromatic carbocycles. The number of pyridine rings is 1. The van der Waals surface area contributed by atoms with Crippen molar-refractivity contribution >= 4 is 38.3 Å². The molecular formula is C20H22N6O4S2. The third kappa shape index (κ3) is 4.70. The number of hydrogen-bond donors (Lipinski definition) is 2. The predicted octanol–water partition coefficient (Wildman–Crippen LogP) is 2.82. The van der Waals surface area contributed by atoms with E-state index in [4.69, 9.17) is 4.74 Å². The van der Waals surface area contributed by atoms with Gasteiger partial charge in [-0.05, 0) is 32.8 Å². The van der Waals surface area contributed by atoms with Gasteiger partial charge in [-0.25, -0.2) is 23.4 Å². The van der Waals surface area contributed by atoms with Gasteiger partial charge in [0.1, 0.15) is 5.75 Å². The highest BCUT2D eigenvalue weighted by Crippen LogP contribution is 2.33. The molecule has 4 rings (SSSR count). The van der Waals surface area contributed by atoms with Crippen LogP contribution in [0.25, 0.3) is 11.1 Å². The highest BCUT2D eigenvalue weighted by Gasteiger charge is 2.37. The van der Waals surface area contributed by atoms with Gasteiger partial charge in [-0.3, -0.25) is 19.8 Å². The number of nitrogens with one attached hydrogen (secondary N) is 2. The number of amides is 1. The molecule has 0 unspecified atom stereocenters. The Morgan fingerprint density at radius 1 is 1.16 bits per heavy atom. The number of thiazole rings is 1. The molecule has 1 aliphatic rings. The summed E-state index contributed by atoms with van der Waals surface area (Å²) in [5.41, 5.74) is 0.929. The molecule has 3 heterocycles. The molecule has 10 nitrogen and oxygen atoms in total. The smallest absolute Gasteiger partial charge is 0.238 e. The van der Waals surface area contributed by atoms with E-state index in [-0.39, 0.29) is 22.2 Å². The third-order valence-electron chi connectivity index (χ3n) is 5.06. The van der Waals surface area contributed by atoms with Crippen LogP contribution in [0, 0.1) is 0 Å². The Hall–Kier alpha value is -3.12. The summed E-state index contributed by atoms with van der Waals surface area (Å²) < 4.78 is 31.9. The summed E-state index contributed by atoms with van der Waals surface area (Å²) in [6, 6.07) is 1.81. The number of aromatic nitrogens is 4. The first-order valence-electron chi connectivity index (χ1n) is 9.79. The van der Waals surface area contributed by atoms with E-state index in [1.807, 2.05) is 6.07 Å². The van der Waals surface area contributed by atoms with E-state index in [1.54, 1.807) is 51.1 Å². The van der Waals surface area contributed by atoms with Gasteiger partial charge in [0.25, 0.3) is 0 Å². The molecule has 2 N–H and O–H groups in total. The number of anilines is 2. The molecule has 0 aliphatic heterocycles. The van der Waals surface area contributed by atoms with E-state index in [0.717, 1.165) is 22.5 Å². The highest BCUT2D eigenvalue weighted by atomic mass is 32.2. The molecule has 1 amide bonds. The lowest BCUT2D eigenvalue weighted by Gasteiger charge is -2.20. The first-order valence-corrected chi connectivity index (χ1v) is 12.2. The average Bonchev–Trinajstić information content (AvgIpc) is 3.54. The molecule has 0 atom stereocenters. The highest BCUT2D eigenvalue weighted by molar-refractivity contribution is 7.93. The van der Waals surface area contributed by atoms with Crippen LogP contribution in [0.3, 0.4) is 0 Å². The SMILES string of the molecule is COc1cncc(-c2cnc(NC(=O)C(C)(C)c3csc(NS(=O)(=O)C4CC4)n3)nc2)c1.